The molecule has 2 aromatic rings. The molecule has 0 fully saturated rings. The highest BCUT2D eigenvalue weighted by Crippen LogP contribution is 2.29. The Balaban J connectivity index is 2.38. The van der Waals surface area contributed by atoms with Crippen LogP contribution in [0.15, 0.2) is 23.6 Å². The van der Waals surface area contributed by atoms with Gasteiger partial charge in [0.2, 0.25) is 0 Å². The maximum Gasteiger partial charge on any atom is 0.197 e. The van der Waals surface area contributed by atoms with Gasteiger partial charge in [0, 0.05) is 10.9 Å². The summed E-state index contributed by atoms with van der Waals surface area (Å²) in [6.07, 6.45) is 0.934. The van der Waals surface area contributed by atoms with E-state index in [0.29, 0.717) is 5.13 Å². The summed E-state index contributed by atoms with van der Waals surface area (Å²) in [4.78, 5) is 4.37. The lowest BCUT2D eigenvalue weighted by Gasteiger charge is -2.07. The molecule has 1 aromatic heterocycles. The number of anilines is 1. The Morgan fingerprint density at radius 3 is 2.88 bits per heavy atom. The quantitative estimate of drug-likeness (QED) is 0.646. The monoisotopic (exact) mass is 249 g/mol. The van der Waals surface area contributed by atoms with Crippen LogP contribution in [0.4, 0.5) is 5.13 Å². The lowest BCUT2D eigenvalue weighted by atomic mass is 10.1. The number of nitrogens with zero attached hydrogens (tertiary/aromatic N) is 1. The molecule has 0 bridgehead atoms. The van der Waals surface area contributed by atoms with Gasteiger partial charge in [0.25, 0.3) is 0 Å². The number of hydrazine groups is 1. The van der Waals surface area contributed by atoms with Crippen LogP contribution in [0.3, 0.4) is 0 Å². The minimum absolute atomic E-state index is 0.717. The molecular formula is C12H15N3OS. The van der Waals surface area contributed by atoms with Crippen LogP contribution in [-0.2, 0) is 6.42 Å². The van der Waals surface area contributed by atoms with E-state index in [2.05, 4.69) is 23.4 Å². The van der Waals surface area contributed by atoms with E-state index in [0.717, 1.165) is 23.4 Å². The van der Waals surface area contributed by atoms with Gasteiger partial charge in [-0.3, -0.25) is 5.43 Å². The van der Waals surface area contributed by atoms with E-state index >= 15 is 0 Å². The van der Waals surface area contributed by atoms with Crippen LogP contribution in [0.2, 0.25) is 0 Å². The highest BCUT2D eigenvalue weighted by atomic mass is 32.1. The molecule has 0 aliphatic rings. The van der Waals surface area contributed by atoms with Crippen molar-refractivity contribution in [2.75, 3.05) is 12.5 Å². The molecule has 4 nitrogen and oxygen atoms in total. The number of hydrogen-bond donors (Lipinski definition) is 2. The lowest BCUT2D eigenvalue weighted by Crippen LogP contribution is -2.05. The van der Waals surface area contributed by atoms with Gasteiger partial charge >= 0.3 is 0 Å². The Morgan fingerprint density at radius 2 is 2.29 bits per heavy atom. The van der Waals surface area contributed by atoms with Gasteiger partial charge < -0.3 is 4.74 Å². The van der Waals surface area contributed by atoms with Crippen molar-refractivity contribution < 1.29 is 4.74 Å². The van der Waals surface area contributed by atoms with Crippen molar-refractivity contribution in [2.24, 2.45) is 5.84 Å². The second kappa shape index (κ2) is 5.16. The van der Waals surface area contributed by atoms with Crippen molar-refractivity contribution in [2.45, 2.75) is 13.3 Å². The Kier molecular flexibility index (Phi) is 3.61. The number of nitrogen functional groups attached to an aromatic ring is 1. The minimum Gasteiger partial charge on any atom is -0.496 e. The van der Waals surface area contributed by atoms with Crippen LogP contribution in [-0.4, -0.2) is 12.1 Å². The van der Waals surface area contributed by atoms with E-state index < -0.39 is 0 Å². The SMILES string of the molecule is CCc1cc(-c2csc(NN)n2)ccc1OC. The van der Waals surface area contributed by atoms with Crippen molar-refractivity contribution in [3.63, 3.8) is 0 Å². The highest BCUT2D eigenvalue weighted by molar-refractivity contribution is 7.14. The fourth-order valence-corrected chi connectivity index (χ4v) is 2.32. The number of hydrogen-bond acceptors (Lipinski definition) is 5. The maximum absolute atomic E-state index is 5.32. The zero-order chi connectivity index (χ0) is 12.3. The number of nitrogens with one attached hydrogen (secondary N) is 1. The number of rotatable bonds is 4. The second-order valence-electron chi connectivity index (χ2n) is 3.56. The molecule has 0 amide bonds. The molecule has 0 spiro atoms. The molecule has 0 aliphatic heterocycles. The molecule has 3 N–H and O–H groups in total. The van der Waals surface area contributed by atoms with Crippen molar-refractivity contribution in [3.05, 3.63) is 29.1 Å². The van der Waals surface area contributed by atoms with E-state index in [1.54, 1.807) is 7.11 Å². The summed E-state index contributed by atoms with van der Waals surface area (Å²) in [6.45, 7) is 2.11. The molecule has 17 heavy (non-hydrogen) atoms. The van der Waals surface area contributed by atoms with Crippen molar-refractivity contribution >= 4 is 16.5 Å². The molecular weight excluding hydrogens is 234 g/mol. The summed E-state index contributed by atoms with van der Waals surface area (Å²) in [7, 11) is 1.69. The number of methoxy groups -OCH3 is 1. The van der Waals surface area contributed by atoms with E-state index in [-0.39, 0.29) is 0 Å². The van der Waals surface area contributed by atoms with Crippen LogP contribution in [0.25, 0.3) is 11.3 Å². The molecule has 0 saturated heterocycles. The number of aromatic nitrogens is 1. The lowest BCUT2D eigenvalue weighted by molar-refractivity contribution is 0.410. The van der Waals surface area contributed by atoms with Crippen LogP contribution >= 0.6 is 11.3 Å². The predicted octanol–water partition coefficient (Wildman–Crippen LogP) is 2.67. The Labute approximate surface area is 104 Å². The zero-order valence-electron chi connectivity index (χ0n) is 9.86. The Hall–Kier alpha value is -1.59. The fourth-order valence-electron chi connectivity index (χ4n) is 1.69. The predicted molar refractivity (Wildman–Crippen MR) is 71.3 cm³/mol. The summed E-state index contributed by atoms with van der Waals surface area (Å²) in [5.41, 5.74) is 5.75. The molecule has 2 rings (SSSR count). The van der Waals surface area contributed by atoms with Crippen LogP contribution in [0, 0.1) is 0 Å². The first-order valence-electron chi connectivity index (χ1n) is 5.38. The summed E-state index contributed by atoms with van der Waals surface area (Å²) in [6, 6.07) is 6.09. The van der Waals surface area contributed by atoms with E-state index in [1.807, 2.05) is 17.5 Å². The van der Waals surface area contributed by atoms with Crippen LogP contribution in [0.1, 0.15) is 12.5 Å². The average molecular weight is 249 g/mol. The molecule has 1 aromatic carbocycles. The smallest absolute Gasteiger partial charge is 0.197 e. The first-order chi connectivity index (χ1) is 8.28. The van der Waals surface area contributed by atoms with Gasteiger partial charge in [0.15, 0.2) is 5.13 Å². The molecule has 0 radical (unpaired) electrons. The molecule has 5 heteroatoms. The van der Waals surface area contributed by atoms with Gasteiger partial charge in [0.05, 0.1) is 12.8 Å². The van der Waals surface area contributed by atoms with Gasteiger partial charge in [-0.05, 0) is 30.2 Å². The third kappa shape index (κ3) is 2.40. The molecule has 1 heterocycles. The number of aryl methyl sites for hydroxylation is 1. The topological polar surface area (TPSA) is 60.2 Å². The number of thiazole rings is 1. The Bertz CT molecular complexity index is 510. The minimum atomic E-state index is 0.717. The zero-order valence-corrected chi connectivity index (χ0v) is 10.7. The number of nitrogens with two attached hydrogens (primary N) is 1. The Morgan fingerprint density at radius 1 is 1.47 bits per heavy atom. The molecule has 0 unspecified atom stereocenters. The second-order valence-corrected chi connectivity index (χ2v) is 4.42. The fraction of sp³-hybridized carbons (Fsp3) is 0.250. The average Bonchev–Trinajstić information content (AvgIpc) is 2.86. The normalized spacial score (nSPS) is 10.3. The van der Waals surface area contributed by atoms with Gasteiger partial charge in [0.1, 0.15) is 5.75 Å². The first-order valence-corrected chi connectivity index (χ1v) is 6.26. The van der Waals surface area contributed by atoms with E-state index in [1.165, 1.54) is 16.9 Å². The molecule has 90 valence electrons. The standard InChI is InChI=1S/C12H15N3OS/c1-3-8-6-9(4-5-11(8)16-2)10-7-17-12(14-10)15-13/h4-7H,3,13H2,1-2H3,(H,14,15). The third-order valence-electron chi connectivity index (χ3n) is 2.58. The maximum atomic E-state index is 5.32. The summed E-state index contributed by atoms with van der Waals surface area (Å²) >= 11 is 1.49. The van der Waals surface area contributed by atoms with Gasteiger partial charge in [-0.15, -0.1) is 11.3 Å². The number of benzene rings is 1. The van der Waals surface area contributed by atoms with Crippen LogP contribution < -0.4 is 16.0 Å². The van der Waals surface area contributed by atoms with Gasteiger partial charge in [-0.25, -0.2) is 10.8 Å². The van der Waals surface area contributed by atoms with Crippen molar-refractivity contribution in [1.82, 2.24) is 4.98 Å². The summed E-state index contributed by atoms with van der Waals surface area (Å²) in [5.74, 6) is 6.24. The van der Waals surface area contributed by atoms with Crippen molar-refractivity contribution in [3.8, 4) is 17.0 Å². The van der Waals surface area contributed by atoms with Crippen molar-refractivity contribution in [1.29, 1.82) is 0 Å². The first kappa shape index (κ1) is 11.9. The summed E-state index contributed by atoms with van der Waals surface area (Å²) in [5, 5.41) is 2.70. The van der Waals surface area contributed by atoms with Gasteiger partial charge in [-0.1, -0.05) is 6.92 Å². The molecule has 0 aliphatic carbocycles. The molecule has 0 atom stereocenters. The van der Waals surface area contributed by atoms with Crippen LogP contribution in [0.5, 0.6) is 5.75 Å². The summed E-state index contributed by atoms with van der Waals surface area (Å²) < 4.78 is 5.30. The van der Waals surface area contributed by atoms with E-state index in [9.17, 15) is 0 Å². The largest absolute Gasteiger partial charge is 0.496 e. The number of ether oxygens (including phenoxy) is 1. The van der Waals surface area contributed by atoms with E-state index in [4.69, 9.17) is 10.6 Å². The molecule has 0 saturated carbocycles. The van der Waals surface area contributed by atoms with Gasteiger partial charge in [-0.2, -0.15) is 0 Å². The third-order valence-corrected chi connectivity index (χ3v) is 3.36. The highest BCUT2D eigenvalue weighted by Gasteiger charge is 2.07.